The van der Waals surface area contributed by atoms with Gasteiger partial charge in [0, 0.05) is 42.7 Å². The highest BCUT2D eigenvalue weighted by molar-refractivity contribution is 6.30. The van der Waals surface area contributed by atoms with Crippen LogP contribution in [0, 0.1) is 13.8 Å². The fourth-order valence-corrected chi connectivity index (χ4v) is 2.17. The number of anilines is 3. The minimum Gasteiger partial charge on any atom is -0.385 e. The number of methoxy groups -OCH3 is 1. The molecule has 118 valence electrons. The summed E-state index contributed by atoms with van der Waals surface area (Å²) in [5.74, 6) is 1.35. The van der Waals surface area contributed by atoms with Crippen LogP contribution >= 0.6 is 11.6 Å². The molecule has 0 atom stereocenters. The quantitative estimate of drug-likeness (QED) is 0.757. The van der Waals surface area contributed by atoms with Gasteiger partial charge < -0.3 is 15.4 Å². The Balaban J connectivity index is 2.10. The molecule has 2 aromatic rings. The zero-order valence-corrected chi connectivity index (χ0v) is 13.9. The molecule has 1 aromatic carbocycles. The zero-order chi connectivity index (χ0) is 15.9. The van der Waals surface area contributed by atoms with Gasteiger partial charge in [-0.1, -0.05) is 17.7 Å². The van der Waals surface area contributed by atoms with E-state index in [2.05, 4.69) is 20.6 Å². The molecule has 5 nitrogen and oxygen atoms in total. The summed E-state index contributed by atoms with van der Waals surface area (Å²) in [4.78, 5) is 8.86. The first-order chi connectivity index (χ1) is 10.6. The number of nitrogens with one attached hydrogen (secondary N) is 2. The van der Waals surface area contributed by atoms with Crippen LogP contribution in [0.3, 0.4) is 0 Å². The molecule has 2 rings (SSSR count). The smallest absolute Gasteiger partial charge is 0.224 e. The predicted octanol–water partition coefficient (Wildman–Crippen LogP) is 3.94. The first kappa shape index (κ1) is 16.5. The number of halogens is 1. The van der Waals surface area contributed by atoms with Crippen LogP contribution in [-0.2, 0) is 4.74 Å². The Morgan fingerprint density at radius 1 is 1.18 bits per heavy atom. The molecule has 0 saturated carbocycles. The van der Waals surface area contributed by atoms with Gasteiger partial charge in [0.2, 0.25) is 5.95 Å². The highest BCUT2D eigenvalue weighted by Crippen LogP contribution is 2.24. The van der Waals surface area contributed by atoms with Crippen LogP contribution in [0.15, 0.2) is 24.3 Å². The normalized spacial score (nSPS) is 10.5. The summed E-state index contributed by atoms with van der Waals surface area (Å²) < 4.78 is 5.02. The standard InChI is InChI=1S/C16H21ClN4O/c1-11-5-6-13(17)10-14(11)20-15-9-12(2)19-16(21-15)18-7-4-8-22-3/h5-6,9-10H,4,7-8H2,1-3H3,(H2,18,19,20,21). The number of aromatic nitrogens is 2. The summed E-state index contributed by atoms with van der Waals surface area (Å²) in [6.45, 7) is 5.45. The summed E-state index contributed by atoms with van der Waals surface area (Å²) in [6.07, 6.45) is 0.907. The number of aryl methyl sites for hydroxylation is 2. The molecule has 2 N–H and O–H groups in total. The molecule has 0 fully saturated rings. The maximum atomic E-state index is 6.05. The molecule has 0 radical (unpaired) electrons. The van der Waals surface area contributed by atoms with Gasteiger partial charge in [0.25, 0.3) is 0 Å². The van der Waals surface area contributed by atoms with Gasteiger partial charge in [-0.3, -0.25) is 0 Å². The van der Waals surface area contributed by atoms with E-state index in [4.69, 9.17) is 16.3 Å². The van der Waals surface area contributed by atoms with Gasteiger partial charge in [0.15, 0.2) is 0 Å². The number of hydrogen-bond donors (Lipinski definition) is 2. The monoisotopic (exact) mass is 320 g/mol. The third kappa shape index (κ3) is 4.86. The van der Waals surface area contributed by atoms with Gasteiger partial charge >= 0.3 is 0 Å². The molecular weight excluding hydrogens is 300 g/mol. The van der Waals surface area contributed by atoms with E-state index in [1.165, 1.54) is 0 Å². The van der Waals surface area contributed by atoms with E-state index in [1.54, 1.807) is 7.11 Å². The van der Waals surface area contributed by atoms with E-state index >= 15 is 0 Å². The maximum absolute atomic E-state index is 6.05. The molecule has 0 aliphatic carbocycles. The summed E-state index contributed by atoms with van der Waals surface area (Å²) in [5, 5.41) is 7.19. The van der Waals surface area contributed by atoms with E-state index in [9.17, 15) is 0 Å². The van der Waals surface area contributed by atoms with Crippen molar-refractivity contribution >= 4 is 29.1 Å². The van der Waals surface area contributed by atoms with Crippen LogP contribution in [-0.4, -0.2) is 30.2 Å². The maximum Gasteiger partial charge on any atom is 0.224 e. The molecule has 0 bridgehead atoms. The van der Waals surface area contributed by atoms with Gasteiger partial charge in [0.05, 0.1) is 0 Å². The molecule has 0 aliphatic heterocycles. The van der Waals surface area contributed by atoms with E-state index in [0.717, 1.165) is 35.7 Å². The molecule has 0 unspecified atom stereocenters. The van der Waals surface area contributed by atoms with E-state index < -0.39 is 0 Å². The van der Waals surface area contributed by atoms with Crippen LogP contribution in [0.1, 0.15) is 17.7 Å². The molecule has 22 heavy (non-hydrogen) atoms. The molecule has 0 aliphatic rings. The lowest BCUT2D eigenvalue weighted by Gasteiger charge is -2.12. The summed E-state index contributed by atoms with van der Waals surface area (Å²) in [7, 11) is 1.69. The first-order valence-electron chi connectivity index (χ1n) is 7.20. The lowest BCUT2D eigenvalue weighted by atomic mass is 10.2. The minimum atomic E-state index is 0.610. The van der Waals surface area contributed by atoms with E-state index in [0.29, 0.717) is 17.6 Å². The third-order valence-electron chi connectivity index (χ3n) is 3.12. The van der Waals surface area contributed by atoms with Crippen LogP contribution in [0.25, 0.3) is 0 Å². The minimum absolute atomic E-state index is 0.610. The second-order valence-corrected chi connectivity index (χ2v) is 5.51. The van der Waals surface area contributed by atoms with Crippen molar-refractivity contribution in [1.82, 2.24) is 9.97 Å². The fraction of sp³-hybridized carbons (Fsp3) is 0.375. The molecule has 1 aromatic heterocycles. The zero-order valence-electron chi connectivity index (χ0n) is 13.1. The average molecular weight is 321 g/mol. The Morgan fingerprint density at radius 2 is 2.00 bits per heavy atom. The third-order valence-corrected chi connectivity index (χ3v) is 3.36. The molecule has 0 spiro atoms. The number of benzene rings is 1. The van der Waals surface area contributed by atoms with Crippen LogP contribution in [0.4, 0.5) is 17.5 Å². The lowest BCUT2D eigenvalue weighted by molar-refractivity contribution is 0.197. The van der Waals surface area contributed by atoms with Crippen molar-refractivity contribution in [2.75, 3.05) is 30.9 Å². The molecular formula is C16H21ClN4O. The van der Waals surface area contributed by atoms with Gasteiger partial charge in [-0.2, -0.15) is 4.98 Å². The Bertz CT molecular complexity index is 634. The molecule has 0 amide bonds. The Kier molecular flexibility index (Phi) is 5.98. The summed E-state index contributed by atoms with van der Waals surface area (Å²) in [6, 6.07) is 7.64. The Hall–Kier alpha value is -1.85. The van der Waals surface area contributed by atoms with Gasteiger partial charge in [-0.15, -0.1) is 0 Å². The molecule has 1 heterocycles. The van der Waals surface area contributed by atoms with Crippen molar-refractivity contribution in [3.63, 3.8) is 0 Å². The summed E-state index contributed by atoms with van der Waals surface area (Å²) >= 11 is 6.05. The Labute approximate surface area is 136 Å². The van der Waals surface area contributed by atoms with Gasteiger partial charge in [-0.25, -0.2) is 4.98 Å². The fourth-order valence-electron chi connectivity index (χ4n) is 2.00. The first-order valence-corrected chi connectivity index (χ1v) is 7.58. The van der Waals surface area contributed by atoms with Crippen molar-refractivity contribution in [3.05, 3.63) is 40.5 Å². The second kappa shape index (κ2) is 7.96. The molecule has 6 heteroatoms. The van der Waals surface area contributed by atoms with Crippen LogP contribution in [0.5, 0.6) is 0 Å². The second-order valence-electron chi connectivity index (χ2n) is 5.08. The van der Waals surface area contributed by atoms with E-state index in [-0.39, 0.29) is 0 Å². The Morgan fingerprint density at radius 3 is 2.77 bits per heavy atom. The number of nitrogens with zero attached hydrogens (tertiary/aromatic N) is 2. The lowest BCUT2D eigenvalue weighted by Crippen LogP contribution is -2.09. The predicted molar refractivity (Wildman–Crippen MR) is 91.2 cm³/mol. The van der Waals surface area contributed by atoms with Gasteiger partial charge in [-0.05, 0) is 38.0 Å². The SMILES string of the molecule is COCCCNc1nc(C)cc(Nc2cc(Cl)ccc2C)n1. The van der Waals surface area contributed by atoms with Crippen LogP contribution < -0.4 is 10.6 Å². The summed E-state index contributed by atoms with van der Waals surface area (Å²) in [5.41, 5.74) is 2.94. The van der Waals surface area contributed by atoms with Crippen molar-refractivity contribution in [3.8, 4) is 0 Å². The van der Waals surface area contributed by atoms with Crippen molar-refractivity contribution < 1.29 is 4.74 Å². The van der Waals surface area contributed by atoms with Crippen molar-refractivity contribution in [2.24, 2.45) is 0 Å². The average Bonchev–Trinajstić information content (AvgIpc) is 2.47. The van der Waals surface area contributed by atoms with Crippen molar-refractivity contribution in [1.29, 1.82) is 0 Å². The van der Waals surface area contributed by atoms with Gasteiger partial charge in [0.1, 0.15) is 5.82 Å². The van der Waals surface area contributed by atoms with E-state index in [1.807, 2.05) is 38.1 Å². The largest absolute Gasteiger partial charge is 0.385 e. The van der Waals surface area contributed by atoms with Crippen LogP contribution in [0.2, 0.25) is 5.02 Å². The molecule has 0 saturated heterocycles. The van der Waals surface area contributed by atoms with Crippen molar-refractivity contribution in [2.45, 2.75) is 20.3 Å². The number of hydrogen-bond acceptors (Lipinski definition) is 5. The number of ether oxygens (including phenoxy) is 1. The highest BCUT2D eigenvalue weighted by Gasteiger charge is 2.05. The highest BCUT2D eigenvalue weighted by atomic mass is 35.5. The topological polar surface area (TPSA) is 59.1 Å². The number of rotatable bonds is 7.